The molecule has 1 aromatic carbocycles. The molecule has 0 aliphatic rings. The highest BCUT2D eigenvalue weighted by Gasteiger charge is 2.31. The van der Waals surface area contributed by atoms with Gasteiger partial charge in [0.05, 0.1) is 5.56 Å². The van der Waals surface area contributed by atoms with E-state index >= 15 is 0 Å². The number of alkyl halides is 3. The number of benzene rings is 1. The zero-order valence-corrected chi connectivity index (χ0v) is 13.5. The van der Waals surface area contributed by atoms with E-state index < -0.39 is 23.2 Å². The summed E-state index contributed by atoms with van der Waals surface area (Å²) >= 11 is 0. The van der Waals surface area contributed by atoms with Gasteiger partial charge >= 0.3 is 12.1 Å². The molecule has 2 atom stereocenters. The fraction of sp³-hybridized carbons (Fsp3) is 0.588. The predicted octanol–water partition coefficient (Wildman–Crippen LogP) is 4.25. The molecule has 2 unspecified atom stereocenters. The summed E-state index contributed by atoms with van der Waals surface area (Å²) in [6.07, 6.45) is -1.19. The van der Waals surface area contributed by atoms with E-state index in [1.807, 2.05) is 6.92 Å². The molecule has 23 heavy (non-hydrogen) atoms. The molecule has 0 saturated carbocycles. The molecule has 130 valence electrons. The Kier molecular flexibility index (Phi) is 6.62. The van der Waals surface area contributed by atoms with Gasteiger partial charge in [-0.05, 0) is 43.7 Å². The van der Waals surface area contributed by atoms with Crippen LogP contribution in [0.5, 0.6) is 0 Å². The number of hydrogen-bond donors (Lipinski definition) is 2. The second-order valence-electron chi connectivity index (χ2n) is 6.29. The Labute approximate surface area is 134 Å². The maximum absolute atomic E-state index is 12.7. The van der Waals surface area contributed by atoms with Crippen molar-refractivity contribution in [1.29, 1.82) is 0 Å². The van der Waals surface area contributed by atoms with Crippen molar-refractivity contribution in [1.82, 2.24) is 0 Å². The summed E-state index contributed by atoms with van der Waals surface area (Å²) in [6, 6.07) is 5.33. The first kappa shape index (κ1) is 19.5. The van der Waals surface area contributed by atoms with E-state index in [2.05, 4.69) is 0 Å². The third-order valence-electron chi connectivity index (χ3n) is 4.11. The molecule has 0 aliphatic carbocycles. The molecule has 0 bridgehead atoms. The second-order valence-corrected chi connectivity index (χ2v) is 6.29. The zero-order valence-electron chi connectivity index (χ0n) is 13.5. The van der Waals surface area contributed by atoms with Crippen molar-refractivity contribution in [3.63, 3.8) is 0 Å². The van der Waals surface area contributed by atoms with Gasteiger partial charge in [0.2, 0.25) is 0 Å². The Balaban J connectivity index is 2.57. The molecule has 0 aromatic heterocycles. The third kappa shape index (κ3) is 6.22. The van der Waals surface area contributed by atoms with Crippen LogP contribution in [0.3, 0.4) is 0 Å². The summed E-state index contributed by atoms with van der Waals surface area (Å²) in [5.41, 5.74) is 4.50. The van der Waals surface area contributed by atoms with Gasteiger partial charge in [0, 0.05) is 0 Å². The van der Waals surface area contributed by atoms with Crippen molar-refractivity contribution in [3.05, 3.63) is 35.4 Å². The highest BCUT2D eigenvalue weighted by atomic mass is 19.4. The van der Waals surface area contributed by atoms with Crippen LogP contribution >= 0.6 is 0 Å². The van der Waals surface area contributed by atoms with Crippen molar-refractivity contribution in [2.45, 2.75) is 57.7 Å². The van der Waals surface area contributed by atoms with Gasteiger partial charge in [-0.25, -0.2) is 0 Å². The van der Waals surface area contributed by atoms with Crippen LogP contribution in [0.1, 0.15) is 50.7 Å². The van der Waals surface area contributed by atoms with Gasteiger partial charge in [-0.15, -0.1) is 0 Å². The lowest BCUT2D eigenvalue weighted by molar-refractivity contribution is -0.143. The zero-order chi connectivity index (χ0) is 17.7. The number of nitrogens with two attached hydrogens (primary N) is 1. The molecule has 0 saturated heterocycles. The summed E-state index contributed by atoms with van der Waals surface area (Å²) in [5.74, 6) is -0.888. The maximum atomic E-state index is 12.7. The average molecular weight is 331 g/mol. The van der Waals surface area contributed by atoms with Gasteiger partial charge in [0.15, 0.2) is 0 Å². The van der Waals surface area contributed by atoms with E-state index in [-0.39, 0.29) is 5.92 Å². The largest absolute Gasteiger partial charge is 0.480 e. The van der Waals surface area contributed by atoms with Crippen molar-refractivity contribution < 1.29 is 23.1 Å². The third-order valence-corrected chi connectivity index (χ3v) is 4.11. The first-order chi connectivity index (χ1) is 10.6. The van der Waals surface area contributed by atoms with Gasteiger partial charge in [0.25, 0.3) is 0 Å². The van der Waals surface area contributed by atoms with Gasteiger partial charge in [0.1, 0.15) is 5.54 Å². The van der Waals surface area contributed by atoms with Crippen LogP contribution < -0.4 is 5.73 Å². The van der Waals surface area contributed by atoms with Crippen molar-refractivity contribution in [2.24, 2.45) is 11.7 Å². The van der Waals surface area contributed by atoms with Crippen molar-refractivity contribution in [3.8, 4) is 0 Å². The Morgan fingerprint density at radius 3 is 2.52 bits per heavy atom. The van der Waals surface area contributed by atoms with E-state index in [1.54, 1.807) is 6.07 Å². The normalized spacial score (nSPS) is 15.9. The summed E-state index contributed by atoms with van der Waals surface area (Å²) in [6.45, 7) is 3.46. The van der Waals surface area contributed by atoms with E-state index in [0.29, 0.717) is 24.8 Å². The van der Waals surface area contributed by atoms with Crippen LogP contribution in [0.4, 0.5) is 13.2 Å². The van der Waals surface area contributed by atoms with Gasteiger partial charge in [-0.1, -0.05) is 38.0 Å². The lowest BCUT2D eigenvalue weighted by Gasteiger charge is -2.25. The molecular weight excluding hydrogens is 307 g/mol. The molecule has 6 heteroatoms. The van der Waals surface area contributed by atoms with Crippen LogP contribution in [-0.2, 0) is 17.4 Å². The number of carbonyl (C=O) groups is 1. The molecule has 0 aliphatic heterocycles. The Morgan fingerprint density at radius 1 is 1.35 bits per heavy atom. The fourth-order valence-electron chi connectivity index (χ4n) is 2.64. The minimum atomic E-state index is -4.33. The minimum absolute atomic E-state index is 0.145. The second kappa shape index (κ2) is 7.81. The lowest BCUT2D eigenvalue weighted by Crippen LogP contribution is -2.46. The van der Waals surface area contributed by atoms with Crippen LogP contribution in [0, 0.1) is 5.92 Å². The van der Waals surface area contributed by atoms with E-state index in [9.17, 15) is 18.0 Å². The molecule has 0 radical (unpaired) electrons. The topological polar surface area (TPSA) is 63.3 Å². The summed E-state index contributed by atoms with van der Waals surface area (Å²) < 4.78 is 38.0. The average Bonchev–Trinajstić information content (AvgIpc) is 2.45. The smallest absolute Gasteiger partial charge is 0.416 e. The summed E-state index contributed by atoms with van der Waals surface area (Å²) in [4.78, 5) is 11.1. The Bertz CT molecular complexity index is 527. The number of halogens is 3. The number of rotatable bonds is 8. The van der Waals surface area contributed by atoms with Crippen molar-refractivity contribution in [2.75, 3.05) is 0 Å². The molecule has 0 amide bonds. The van der Waals surface area contributed by atoms with E-state index in [0.717, 1.165) is 18.9 Å². The molecule has 3 N–H and O–H groups in total. The van der Waals surface area contributed by atoms with Crippen LogP contribution in [0.15, 0.2) is 24.3 Å². The molecule has 1 aromatic rings. The molecular formula is C17H24F3NO2. The lowest BCUT2D eigenvalue weighted by atomic mass is 9.85. The molecule has 1 rings (SSSR count). The van der Waals surface area contributed by atoms with Crippen molar-refractivity contribution >= 4 is 5.97 Å². The first-order valence-electron chi connectivity index (χ1n) is 7.74. The number of carboxylic acid groups (broad SMARTS) is 1. The van der Waals surface area contributed by atoms with Crippen LogP contribution in [0.25, 0.3) is 0 Å². The van der Waals surface area contributed by atoms with Gasteiger partial charge in [-0.2, -0.15) is 13.2 Å². The number of hydrogen-bond acceptors (Lipinski definition) is 2. The highest BCUT2D eigenvalue weighted by Crippen LogP contribution is 2.30. The van der Waals surface area contributed by atoms with Crippen LogP contribution in [0.2, 0.25) is 0 Å². The maximum Gasteiger partial charge on any atom is 0.416 e. The number of aryl methyl sites for hydroxylation is 1. The monoisotopic (exact) mass is 331 g/mol. The molecule has 0 fully saturated rings. The Hall–Kier alpha value is -1.56. The summed E-state index contributed by atoms with van der Waals surface area (Å²) in [5, 5.41) is 9.06. The molecule has 3 nitrogen and oxygen atoms in total. The van der Waals surface area contributed by atoms with Gasteiger partial charge < -0.3 is 10.8 Å². The Morgan fingerprint density at radius 2 is 2.00 bits per heavy atom. The number of carboxylic acids is 1. The first-order valence-corrected chi connectivity index (χ1v) is 7.74. The molecule has 0 heterocycles. The fourth-order valence-corrected chi connectivity index (χ4v) is 2.64. The predicted molar refractivity (Wildman–Crippen MR) is 83.0 cm³/mol. The molecule has 0 spiro atoms. The standard InChI is InChI=1S/C17H24F3NO2/c1-3-12(11-16(2,21)15(22)23)6-4-7-13-8-5-9-14(10-13)17(18,19)20/h5,8-10,12H,3-4,6-7,11,21H2,1-2H3,(H,22,23). The summed E-state index contributed by atoms with van der Waals surface area (Å²) in [7, 11) is 0. The highest BCUT2D eigenvalue weighted by molar-refractivity contribution is 5.77. The minimum Gasteiger partial charge on any atom is -0.480 e. The number of aliphatic carboxylic acids is 1. The van der Waals surface area contributed by atoms with E-state index in [1.165, 1.54) is 19.1 Å². The SMILES string of the molecule is CCC(CCCc1cccc(C(F)(F)F)c1)CC(C)(N)C(=O)O. The van der Waals surface area contributed by atoms with Gasteiger partial charge in [-0.3, -0.25) is 4.79 Å². The van der Waals surface area contributed by atoms with E-state index in [4.69, 9.17) is 10.8 Å². The van der Waals surface area contributed by atoms with Crippen LogP contribution in [-0.4, -0.2) is 16.6 Å². The quantitative estimate of drug-likeness (QED) is 0.748.